The lowest BCUT2D eigenvalue weighted by Gasteiger charge is -2.22. The van der Waals surface area contributed by atoms with Gasteiger partial charge in [-0.15, -0.1) is 11.3 Å². The maximum atomic E-state index is 13.1. The van der Waals surface area contributed by atoms with Crippen LogP contribution < -0.4 is 5.56 Å². The first-order valence-electron chi connectivity index (χ1n) is 7.64. The van der Waals surface area contributed by atoms with Crippen molar-refractivity contribution in [3.8, 4) is 0 Å². The van der Waals surface area contributed by atoms with Gasteiger partial charge in [0.1, 0.15) is 11.4 Å². The molecule has 1 amide bonds. The number of carbonyl (C=O) groups is 1. The first-order chi connectivity index (χ1) is 11.6. The molecular formula is C17H14FN3O2S. The lowest BCUT2D eigenvalue weighted by atomic mass is 10.2. The van der Waals surface area contributed by atoms with Gasteiger partial charge in [0.05, 0.1) is 0 Å². The predicted octanol–water partition coefficient (Wildman–Crippen LogP) is 2.70. The molecule has 0 radical (unpaired) electrons. The van der Waals surface area contributed by atoms with Crippen molar-refractivity contribution in [2.24, 2.45) is 0 Å². The van der Waals surface area contributed by atoms with Crippen molar-refractivity contribution in [3.63, 3.8) is 0 Å². The van der Waals surface area contributed by atoms with E-state index in [4.69, 9.17) is 0 Å². The van der Waals surface area contributed by atoms with Gasteiger partial charge in [0, 0.05) is 30.4 Å². The molecule has 1 aliphatic carbocycles. The highest BCUT2D eigenvalue weighted by Crippen LogP contribution is 2.29. The normalized spacial score (nSPS) is 14.0. The summed E-state index contributed by atoms with van der Waals surface area (Å²) in [5, 5.41) is 1.76. The van der Waals surface area contributed by atoms with Gasteiger partial charge in [-0.3, -0.25) is 14.0 Å². The van der Waals surface area contributed by atoms with E-state index in [0.29, 0.717) is 11.5 Å². The highest BCUT2D eigenvalue weighted by atomic mass is 32.1. The summed E-state index contributed by atoms with van der Waals surface area (Å²) in [6.45, 7) is 0.357. The van der Waals surface area contributed by atoms with Crippen molar-refractivity contribution >= 4 is 22.2 Å². The number of carbonyl (C=O) groups excluding carboxylic acids is 1. The van der Waals surface area contributed by atoms with Crippen molar-refractivity contribution in [2.45, 2.75) is 25.4 Å². The van der Waals surface area contributed by atoms with Gasteiger partial charge in [-0.05, 0) is 30.5 Å². The maximum absolute atomic E-state index is 13.1. The number of rotatable bonds is 4. The SMILES string of the molecule is O=C(c1cnc2sccn2c1=O)N(Cc1ccc(F)cc1)C1CC1. The highest BCUT2D eigenvalue weighted by molar-refractivity contribution is 7.15. The molecule has 122 valence electrons. The van der Waals surface area contributed by atoms with Crippen LogP contribution in [0, 0.1) is 5.82 Å². The Balaban J connectivity index is 1.67. The summed E-state index contributed by atoms with van der Waals surface area (Å²) in [6.07, 6.45) is 4.81. The van der Waals surface area contributed by atoms with E-state index in [9.17, 15) is 14.0 Å². The second-order valence-electron chi connectivity index (χ2n) is 5.82. The molecule has 7 heteroatoms. The molecule has 2 heterocycles. The van der Waals surface area contributed by atoms with Gasteiger partial charge in [0.2, 0.25) is 0 Å². The van der Waals surface area contributed by atoms with Crippen LogP contribution in [0.2, 0.25) is 0 Å². The molecular weight excluding hydrogens is 329 g/mol. The van der Waals surface area contributed by atoms with E-state index in [1.54, 1.807) is 28.6 Å². The Kier molecular flexibility index (Phi) is 3.65. The largest absolute Gasteiger partial charge is 0.331 e. The molecule has 0 unspecified atom stereocenters. The number of halogens is 1. The second kappa shape index (κ2) is 5.83. The molecule has 0 bridgehead atoms. The van der Waals surface area contributed by atoms with Gasteiger partial charge in [0.15, 0.2) is 4.96 Å². The van der Waals surface area contributed by atoms with Crippen LogP contribution in [0.15, 0.2) is 46.8 Å². The molecule has 1 aliphatic rings. The third kappa shape index (κ3) is 2.71. The molecule has 4 rings (SSSR count). The van der Waals surface area contributed by atoms with E-state index in [2.05, 4.69) is 4.98 Å². The number of benzene rings is 1. The second-order valence-corrected chi connectivity index (χ2v) is 6.70. The fourth-order valence-electron chi connectivity index (χ4n) is 2.67. The van der Waals surface area contributed by atoms with Gasteiger partial charge in [-0.2, -0.15) is 0 Å². The van der Waals surface area contributed by atoms with E-state index in [-0.39, 0.29) is 28.9 Å². The quantitative estimate of drug-likeness (QED) is 0.732. The minimum absolute atomic E-state index is 0.0694. The Morgan fingerprint density at radius 2 is 2.08 bits per heavy atom. The van der Waals surface area contributed by atoms with Gasteiger partial charge in [-0.25, -0.2) is 9.37 Å². The summed E-state index contributed by atoms with van der Waals surface area (Å²) in [5.41, 5.74) is 0.553. The fourth-order valence-corrected chi connectivity index (χ4v) is 3.34. The third-order valence-corrected chi connectivity index (χ3v) is 4.86. The van der Waals surface area contributed by atoms with E-state index >= 15 is 0 Å². The zero-order valence-electron chi connectivity index (χ0n) is 12.7. The highest BCUT2D eigenvalue weighted by Gasteiger charge is 2.34. The molecule has 1 aromatic carbocycles. The molecule has 0 spiro atoms. The number of amides is 1. The summed E-state index contributed by atoms with van der Waals surface area (Å²) in [5.74, 6) is -0.631. The first-order valence-corrected chi connectivity index (χ1v) is 8.52. The van der Waals surface area contributed by atoms with Crippen LogP contribution in [0.3, 0.4) is 0 Å². The number of aromatic nitrogens is 2. The molecule has 0 atom stereocenters. The number of thiazole rings is 1. The summed E-state index contributed by atoms with van der Waals surface area (Å²) >= 11 is 1.34. The molecule has 0 N–H and O–H groups in total. The van der Waals surface area contributed by atoms with E-state index in [1.807, 2.05) is 0 Å². The Bertz CT molecular complexity index is 960. The smallest absolute Gasteiger partial charge is 0.271 e. The van der Waals surface area contributed by atoms with E-state index < -0.39 is 0 Å². The minimum atomic E-state index is -0.351. The molecule has 1 fully saturated rings. The monoisotopic (exact) mass is 343 g/mol. The summed E-state index contributed by atoms with van der Waals surface area (Å²) in [6, 6.07) is 6.19. The first kappa shape index (κ1) is 15.0. The number of hydrogen-bond acceptors (Lipinski definition) is 4. The van der Waals surface area contributed by atoms with Crippen molar-refractivity contribution < 1.29 is 9.18 Å². The number of nitrogens with zero attached hydrogens (tertiary/aromatic N) is 3. The zero-order chi connectivity index (χ0) is 16.7. The average Bonchev–Trinajstić information content (AvgIpc) is 3.30. The zero-order valence-corrected chi connectivity index (χ0v) is 13.5. The molecule has 2 aromatic heterocycles. The van der Waals surface area contributed by atoms with Gasteiger partial charge < -0.3 is 4.90 Å². The van der Waals surface area contributed by atoms with Crippen LogP contribution >= 0.6 is 11.3 Å². The van der Waals surface area contributed by atoms with Gasteiger partial charge >= 0.3 is 0 Å². The van der Waals surface area contributed by atoms with Crippen LogP contribution in [0.4, 0.5) is 4.39 Å². The van der Waals surface area contributed by atoms with Crippen molar-refractivity contribution in [1.29, 1.82) is 0 Å². The molecule has 0 saturated heterocycles. The number of fused-ring (bicyclic) bond motifs is 1. The van der Waals surface area contributed by atoms with Gasteiger partial charge in [0.25, 0.3) is 11.5 Å². The fraction of sp³-hybridized carbons (Fsp3) is 0.235. The summed E-state index contributed by atoms with van der Waals surface area (Å²) in [4.78, 5) is 31.8. The molecule has 0 aliphatic heterocycles. The Labute approximate surface area is 141 Å². The minimum Gasteiger partial charge on any atom is -0.331 e. The van der Waals surface area contributed by atoms with Crippen LogP contribution in [-0.2, 0) is 6.54 Å². The molecule has 1 saturated carbocycles. The topological polar surface area (TPSA) is 54.7 Å². The standard InChI is InChI=1S/C17H14FN3O2S/c18-12-3-1-11(2-4-12)10-21(13-5-6-13)16(23)14-9-19-17-20(15(14)22)7-8-24-17/h1-4,7-9,13H,5-6,10H2. The van der Waals surface area contributed by atoms with Crippen LogP contribution in [0.5, 0.6) is 0 Å². The van der Waals surface area contributed by atoms with E-state index in [1.165, 1.54) is 34.1 Å². The van der Waals surface area contributed by atoms with Crippen molar-refractivity contribution in [3.05, 3.63) is 69.3 Å². The lowest BCUT2D eigenvalue weighted by Crippen LogP contribution is -2.36. The number of hydrogen-bond donors (Lipinski definition) is 0. The lowest BCUT2D eigenvalue weighted by molar-refractivity contribution is 0.0727. The Morgan fingerprint density at radius 1 is 1.33 bits per heavy atom. The summed E-state index contributed by atoms with van der Waals surface area (Å²) < 4.78 is 14.4. The third-order valence-electron chi connectivity index (χ3n) is 4.09. The van der Waals surface area contributed by atoms with E-state index in [0.717, 1.165) is 18.4 Å². The Morgan fingerprint density at radius 3 is 2.79 bits per heavy atom. The average molecular weight is 343 g/mol. The van der Waals surface area contributed by atoms with Gasteiger partial charge in [-0.1, -0.05) is 12.1 Å². The van der Waals surface area contributed by atoms with Crippen molar-refractivity contribution in [1.82, 2.24) is 14.3 Å². The van der Waals surface area contributed by atoms with Crippen LogP contribution in [-0.4, -0.2) is 26.2 Å². The molecule has 5 nitrogen and oxygen atoms in total. The molecule has 3 aromatic rings. The maximum Gasteiger partial charge on any atom is 0.271 e. The molecule has 24 heavy (non-hydrogen) atoms. The predicted molar refractivity (Wildman–Crippen MR) is 88.6 cm³/mol. The van der Waals surface area contributed by atoms with Crippen molar-refractivity contribution in [2.75, 3.05) is 0 Å². The Hall–Kier alpha value is -2.54. The van der Waals surface area contributed by atoms with Crippen LogP contribution in [0.25, 0.3) is 4.96 Å². The van der Waals surface area contributed by atoms with Crippen LogP contribution in [0.1, 0.15) is 28.8 Å². The summed E-state index contributed by atoms with van der Waals surface area (Å²) in [7, 11) is 0.